The van der Waals surface area contributed by atoms with Gasteiger partial charge in [0.2, 0.25) is 0 Å². The fourth-order valence-corrected chi connectivity index (χ4v) is 3.00. The summed E-state index contributed by atoms with van der Waals surface area (Å²) >= 11 is 12.3. The Morgan fingerprint density at radius 2 is 2.00 bits per heavy atom. The largest absolute Gasteiger partial charge is 0.398 e. The number of halogens is 2. The molecule has 3 aromatic rings. The third-order valence-electron chi connectivity index (χ3n) is 3.56. The molecule has 0 atom stereocenters. The van der Waals surface area contributed by atoms with Crippen molar-refractivity contribution in [1.29, 1.82) is 0 Å². The van der Waals surface area contributed by atoms with Gasteiger partial charge in [0.05, 0.1) is 23.9 Å². The van der Waals surface area contributed by atoms with Gasteiger partial charge in [-0.3, -0.25) is 4.99 Å². The molecule has 23 heavy (non-hydrogen) atoms. The molecule has 0 radical (unpaired) electrons. The van der Waals surface area contributed by atoms with Crippen LogP contribution in [0.5, 0.6) is 0 Å². The van der Waals surface area contributed by atoms with Gasteiger partial charge in [0.1, 0.15) is 0 Å². The van der Waals surface area contributed by atoms with Gasteiger partial charge in [-0.05, 0) is 12.1 Å². The van der Waals surface area contributed by atoms with Crippen LogP contribution in [-0.4, -0.2) is 22.7 Å². The summed E-state index contributed by atoms with van der Waals surface area (Å²) in [7, 11) is 1.72. The number of aliphatic imine (C=N–C) groups is 1. The fourth-order valence-electron chi connectivity index (χ4n) is 2.49. The number of hydrogen-bond acceptors (Lipinski definition) is 3. The Kier molecular flexibility index (Phi) is 4.37. The Bertz CT molecular complexity index is 870. The van der Waals surface area contributed by atoms with Crippen LogP contribution in [0.25, 0.3) is 11.1 Å². The van der Waals surface area contributed by atoms with Crippen molar-refractivity contribution in [3.05, 3.63) is 70.2 Å². The fraction of sp³-hybridized carbons (Fsp3) is 0.0588. The monoisotopic (exact) mass is 344 g/mol. The number of nitrogens with one attached hydrogen (secondary N) is 1. The molecule has 6 heteroatoms. The average molecular weight is 345 g/mol. The van der Waals surface area contributed by atoms with Gasteiger partial charge in [0, 0.05) is 39.5 Å². The van der Waals surface area contributed by atoms with E-state index in [-0.39, 0.29) is 0 Å². The number of aromatic nitrogens is 2. The molecule has 0 amide bonds. The van der Waals surface area contributed by atoms with Crippen LogP contribution in [-0.2, 0) is 0 Å². The number of nitrogens with two attached hydrogens (primary N) is 1. The maximum absolute atomic E-state index is 6.40. The highest BCUT2D eigenvalue weighted by molar-refractivity contribution is 6.36. The Morgan fingerprint density at radius 3 is 2.65 bits per heavy atom. The van der Waals surface area contributed by atoms with Crippen LogP contribution < -0.4 is 5.73 Å². The molecular weight excluding hydrogens is 331 g/mol. The van der Waals surface area contributed by atoms with Crippen molar-refractivity contribution >= 4 is 34.6 Å². The SMILES string of the molecule is CN=C(c1cnc[nH]1)c1cccc(-c2ccc(Cl)cc2Cl)c1N. The van der Waals surface area contributed by atoms with Gasteiger partial charge in [-0.1, -0.05) is 47.5 Å². The molecule has 2 aromatic carbocycles. The lowest BCUT2D eigenvalue weighted by atomic mass is 9.97. The quantitative estimate of drug-likeness (QED) is 0.545. The molecule has 0 aliphatic carbocycles. The van der Waals surface area contributed by atoms with E-state index >= 15 is 0 Å². The average Bonchev–Trinajstić information content (AvgIpc) is 3.04. The molecule has 0 aliphatic heterocycles. The molecule has 0 saturated carbocycles. The first-order chi connectivity index (χ1) is 11.1. The molecule has 0 fully saturated rings. The third kappa shape index (κ3) is 2.96. The Balaban J connectivity index is 2.16. The second kappa shape index (κ2) is 6.44. The van der Waals surface area contributed by atoms with Gasteiger partial charge in [-0.15, -0.1) is 0 Å². The van der Waals surface area contributed by atoms with E-state index in [1.807, 2.05) is 24.3 Å². The number of H-pyrrole nitrogens is 1. The predicted molar refractivity (Wildman–Crippen MR) is 96.5 cm³/mol. The van der Waals surface area contributed by atoms with Crippen LogP contribution in [0.1, 0.15) is 11.3 Å². The van der Waals surface area contributed by atoms with Crippen LogP contribution in [0.4, 0.5) is 5.69 Å². The van der Waals surface area contributed by atoms with Crippen molar-refractivity contribution in [3.8, 4) is 11.1 Å². The van der Waals surface area contributed by atoms with Crippen molar-refractivity contribution < 1.29 is 0 Å². The zero-order chi connectivity index (χ0) is 16.4. The van der Waals surface area contributed by atoms with Crippen molar-refractivity contribution in [2.24, 2.45) is 4.99 Å². The van der Waals surface area contributed by atoms with Crippen molar-refractivity contribution in [1.82, 2.24) is 9.97 Å². The minimum Gasteiger partial charge on any atom is -0.398 e. The zero-order valence-corrected chi connectivity index (χ0v) is 13.9. The maximum atomic E-state index is 6.40. The lowest BCUT2D eigenvalue weighted by molar-refractivity contribution is 1.30. The highest BCUT2D eigenvalue weighted by Gasteiger charge is 2.15. The summed E-state index contributed by atoms with van der Waals surface area (Å²) in [5.41, 5.74) is 11.0. The number of nitrogen functional groups attached to an aromatic ring is 1. The molecule has 1 heterocycles. The van der Waals surface area contributed by atoms with Gasteiger partial charge >= 0.3 is 0 Å². The summed E-state index contributed by atoms with van der Waals surface area (Å²) in [6.45, 7) is 0. The lowest BCUT2D eigenvalue weighted by Crippen LogP contribution is -2.08. The molecule has 1 aromatic heterocycles. The summed E-state index contributed by atoms with van der Waals surface area (Å²) in [6, 6.07) is 11.1. The smallest absolute Gasteiger partial charge is 0.0924 e. The molecule has 3 N–H and O–H groups in total. The number of nitrogens with zero attached hydrogens (tertiary/aromatic N) is 2. The number of benzene rings is 2. The second-order valence-corrected chi connectivity index (χ2v) is 5.77. The molecule has 116 valence electrons. The summed E-state index contributed by atoms with van der Waals surface area (Å²) < 4.78 is 0. The number of para-hydroxylation sites is 1. The van der Waals surface area contributed by atoms with Gasteiger partial charge in [-0.25, -0.2) is 4.98 Å². The number of rotatable bonds is 3. The molecule has 4 nitrogen and oxygen atoms in total. The van der Waals surface area contributed by atoms with Crippen LogP contribution in [0.15, 0.2) is 53.9 Å². The van der Waals surface area contributed by atoms with E-state index in [1.54, 1.807) is 31.7 Å². The van der Waals surface area contributed by atoms with Crippen LogP contribution in [0, 0.1) is 0 Å². The molecule has 3 rings (SSSR count). The standard InChI is InChI=1S/C17H14Cl2N4/c1-21-17(15-8-22-9-23-15)13-4-2-3-12(16(13)20)11-6-5-10(18)7-14(11)19/h2-9H,20H2,1H3,(H,22,23). The summed E-state index contributed by atoms with van der Waals surface area (Å²) in [5.74, 6) is 0. The summed E-state index contributed by atoms with van der Waals surface area (Å²) in [5, 5.41) is 1.14. The van der Waals surface area contributed by atoms with E-state index in [2.05, 4.69) is 15.0 Å². The highest BCUT2D eigenvalue weighted by Crippen LogP contribution is 2.35. The molecule has 0 saturated heterocycles. The van der Waals surface area contributed by atoms with Crippen LogP contribution in [0.2, 0.25) is 10.0 Å². The number of hydrogen-bond donors (Lipinski definition) is 2. The van der Waals surface area contributed by atoms with Crippen molar-refractivity contribution in [2.45, 2.75) is 0 Å². The van der Waals surface area contributed by atoms with E-state index in [1.165, 1.54) is 0 Å². The van der Waals surface area contributed by atoms with E-state index in [4.69, 9.17) is 28.9 Å². The normalized spacial score (nSPS) is 11.7. The highest BCUT2D eigenvalue weighted by atomic mass is 35.5. The first kappa shape index (κ1) is 15.6. The van der Waals surface area contributed by atoms with E-state index in [9.17, 15) is 0 Å². The Morgan fingerprint density at radius 1 is 1.17 bits per heavy atom. The number of imidazole rings is 1. The first-order valence-corrected chi connectivity index (χ1v) is 7.67. The third-order valence-corrected chi connectivity index (χ3v) is 4.11. The van der Waals surface area contributed by atoms with Gasteiger partial charge in [0.25, 0.3) is 0 Å². The van der Waals surface area contributed by atoms with E-state index < -0.39 is 0 Å². The van der Waals surface area contributed by atoms with E-state index in [0.29, 0.717) is 15.7 Å². The van der Waals surface area contributed by atoms with E-state index in [0.717, 1.165) is 28.1 Å². The lowest BCUT2D eigenvalue weighted by Gasteiger charge is -2.13. The number of anilines is 1. The zero-order valence-electron chi connectivity index (χ0n) is 12.3. The number of aromatic amines is 1. The molecule has 0 bridgehead atoms. The molecule has 0 aliphatic rings. The van der Waals surface area contributed by atoms with Crippen molar-refractivity contribution in [2.75, 3.05) is 12.8 Å². The minimum absolute atomic E-state index is 0.554. The molecular formula is C17H14Cl2N4. The summed E-state index contributed by atoms with van der Waals surface area (Å²) in [4.78, 5) is 11.4. The Hall–Kier alpha value is -2.30. The topological polar surface area (TPSA) is 67.1 Å². The van der Waals surface area contributed by atoms with Crippen molar-refractivity contribution in [3.63, 3.8) is 0 Å². The van der Waals surface area contributed by atoms with Gasteiger partial charge in [0.15, 0.2) is 0 Å². The van der Waals surface area contributed by atoms with Gasteiger partial charge < -0.3 is 10.7 Å². The maximum Gasteiger partial charge on any atom is 0.0924 e. The van der Waals surface area contributed by atoms with Crippen LogP contribution >= 0.6 is 23.2 Å². The minimum atomic E-state index is 0.554. The second-order valence-electron chi connectivity index (χ2n) is 4.93. The van der Waals surface area contributed by atoms with Gasteiger partial charge in [-0.2, -0.15) is 0 Å². The van der Waals surface area contributed by atoms with Crippen LogP contribution in [0.3, 0.4) is 0 Å². The summed E-state index contributed by atoms with van der Waals surface area (Å²) in [6.07, 6.45) is 3.32. The first-order valence-electron chi connectivity index (χ1n) is 6.91. The molecule has 0 spiro atoms. The Labute approximate surface area is 144 Å². The predicted octanol–water partition coefficient (Wildman–Crippen LogP) is 4.43. The molecule has 0 unspecified atom stereocenters.